The van der Waals surface area contributed by atoms with E-state index in [2.05, 4.69) is 50.4 Å². The lowest BCUT2D eigenvalue weighted by Gasteiger charge is -2.15. The van der Waals surface area contributed by atoms with Crippen LogP contribution in [-0.2, 0) is 6.42 Å². The molecule has 1 atom stereocenters. The van der Waals surface area contributed by atoms with Gasteiger partial charge in [0, 0.05) is 0 Å². The Morgan fingerprint density at radius 1 is 1.18 bits per heavy atom. The fraction of sp³-hybridized carbons (Fsp3) is 0.600. The van der Waals surface area contributed by atoms with E-state index < -0.39 is 0 Å². The second-order valence-corrected chi connectivity index (χ2v) is 4.42. The molecule has 1 N–H and O–H groups in total. The molecule has 0 saturated carbocycles. The van der Waals surface area contributed by atoms with E-state index in [1.807, 2.05) is 0 Å². The van der Waals surface area contributed by atoms with Gasteiger partial charge >= 0.3 is 0 Å². The molecule has 1 aromatic rings. The van der Waals surface area contributed by atoms with Crippen LogP contribution < -0.4 is 10.1 Å². The first kappa shape index (κ1) is 14.0. The van der Waals surface area contributed by atoms with E-state index in [1.165, 1.54) is 12.0 Å². The molecule has 0 radical (unpaired) electrons. The first-order chi connectivity index (χ1) is 8.26. The number of nitrogens with one attached hydrogen (secondary N) is 1. The van der Waals surface area contributed by atoms with Gasteiger partial charge in [-0.05, 0) is 57.0 Å². The Balaban J connectivity index is 2.26. The second kappa shape index (κ2) is 8.13. The monoisotopic (exact) mass is 235 g/mol. The van der Waals surface area contributed by atoms with Crippen LogP contribution in [0.3, 0.4) is 0 Å². The summed E-state index contributed by atoms with van der Waals surface area (Å²) in [5.74, 6) is 0.984. The second-order valence-electron chi connectivity index (χ2n) is 4.42. The molecule has 17 heavy (non-hydrogen) atoms. The van der Waals surface area contributed by atoms with Gasteiger partial charge in [-0.3, -0.25) is 0 Å². The van der Waals surface area contributed by atoms with E-state index >= 15 is 0 Å². The van der Waals surface area contributed by atoms with Crippen LogP contribution in [0.15, 0.2) is 24.3 Å². The van der Waals surface area contributed by atoms with Crippen LogP contribution in [0.5, 0.6) is 5.75 Å². The molecule has 0 aliphatic rings. The van der Waals surface area contributed by atoms with Crippen molar-refractivity contribution in [3.05, 3.63) is 29.8 Å². The highest BCUT2D eigenvalue weighted by atomic mass is 16.5. The number of aryl methyl sites for hydroxylation is 1. The van der Waals surface area contributed by atoms with Gasteiger partial charge in [0.05, 0.1) is 6.10 Å². The Kier molecular flexibility index (Phi) is 6.71. The summed E-state index contributed by atoms with van der Waals surface area (Å²) in [5.41, 5.74) is 1.36. The third-order valence-corrected chi connectivity index (χ3v) is 2.88. The Morgan fingerprint density at radius 2 is 1.88 bits per heavy atom. The zero-order valence-corrected chi connectivity index (χ0v) is 11.3. The molecular weight excluding hydrogens is 210 g/mol. The van der Waals surface area contributed by atoms with Gasteiger partial charge in [-0.2, -0.15) is 0 Å². The Hall–Kier alpha value is -1.02. The summed E-state index contributed by atoms with van der Waals surface area (Å²) in [5, 5.41) is 3.33. The third-order valence-electron chi connectivity index (χ3n) is 2.88. The maximum Gasteiger partial charge on any atom is 0.119 e. The smallest absolute Gasteiger partial charge is 0.119 e. The Morgan fingerprint density at radius 3 is 2.47 bits per heavy atom. The van der Waals surface area contributed by atoms with Crippen molar-refractivity contribution in [2.24, 2.45) is 0 Å². The predicted molar refractivity (Wildman–Crippen MR) is 73.7 cm³/mol. The van der Waals surface area contributed by atoms with Crippen molar-refractivity contribution in [2.45, 2.75) is 46.1 Å². The van der Waals surface area contributed by atoms with E-state index in [-0.39, 0.29) is 0 Å². The van der Waals surface area contributed by atoms with Crippen LogP contribution in [-0.4, -0.2) is 19.2 Å². The maximum absolute atomic E-state index is 5.87. The van der Waals surface area contributed by atoms with E-state index in [0.717, 1.165) is 31.7 Å². The lowest BCUT2D eigenvalue weighted by atomic mass is 10.1. The van der Waals surface area contributed by atoms with Gasteiger partial charge in [0.15, 0.2) is 0 Å². The highest BCUT2D eigenvalue weighted by molar-refractivity contribution is 5.27. The zero-order chi connectivity index (χ0) is 12.5. The SMILES string of the molecule is CCNCCCC(C)Oc1ccc(CC)cc1. The van der Waals surface area contributed by atoms with E-state index in [4.69, 9.17) is 4.74 Å². The van der Waals surface area contributed by atoms with Crippen molar-refractivity contribution >= 4 is 0 Å². The first-order valence-corrected chi connectivity index (χ1v) is 6.72. The summed E-state index contributed by atoms with van der Waals surface area (Å²) < 4.78 is 5.87. The zero-order valence-electron chi connectivity index (χ0n) is 11.3. The van der Waals surface area contributed by atoms with E-state index in [1.54, 1.807) is 0 Å². The molecule has 2 nitrogen and oxygen atoms in total. The van der Waals surface area contributed by atoms with Crippen LogP contribution >= 0.6 is 0 Å². The van der Waals surface area contributed by atoms with Crippen molar-refractivity contribution in [3.8, 4) is 5.75 Å². The van der Waals surface area contributed by atoms with Crippen LogP contribution in [0.4, 0.5) is 0 Å². The molecule has 0 fully saturated rings. The molecule has 0 spiro atoms. The van der Waals surface area contributed by atoms with Crippen molar-refractivity contribution in [1.82, 2.24) is 5.32 Å². The summed E-state index contributed by atoms with van der Waals surface area (Å²) in [6, 6.07) is 8.42. The molecule has 0 aliphatic heterocycles. The van der Waals surface area contributed by atoms with Crippen LogP contribution in [0, 0.1) is 0 Å². The average Bonchev–Trinajstić information content (AvgIpc) is 2.36. The van der Waals surface area contributed by atoms with Crippen molar-refractivity contribution in [3.63, 3.8) is 0 Å². The van der Waals surface area contributed by atoms with Crippen molar-refractivity contribution in [1.29, 1.82) is 0 Å². The molecule has 0 heterocycles. The number of rotatable bonds is 8. The van der Waals surface area contributed by atoms with Gasteiger partial charge in [-0.15, -0.1) is 0 Å². The van der Waals surface area contributed by atoms with Gasteiger partial charge in [0.25, 0.3) is 0 Å². The van der Waals surface area contributed by atoms with E-state index in [9.17, 15) is 0 Å². The lowest BCUT2D eigenvalue weighted by Crippen LogP contribution is -2.18. The number of hydrogen-bond acceptors (Lipinski definition) is 2. The minimum Gasteiger partial charge on any atom is -0.491 e. The molecule has 0 saturated heterocycles. The average molecular weight is 235 g/mol. The molecule has 1 unspecified atom stereocenters. The number of ether oxygens (including phenoxy) is 1. The van der Waals surface area contributed by atoms with E-state index in [0.29, 0.717) is 6.10 Å². The van der Waals surface area contributed by atoms with Gasteiger partial charge in [-0.1, -0.05) is 26.0 Å². The number of hydrogen-bond donors (Lipinski definition) is 1. The Labute approximate surface area is 105 Å². The summed E-state index contributed by atoms with van der Waals surface area (Å²) >= 11 is 0. The predicted octanol–water partition coefficient (Wildman–Crippen LogP) is 3.41. The molecule has 0 aromatic heterocycles. The minimum absolute atomic E-state index is 0.293. The topological polar surface area (TPSA) is 21.3 Å². The highest BCUT2D eigenvalue weighted by Gasteiger charge is 2.03. The summed E-state index contributed by atoms with van der Waals surface area (Å²) in [6.45, 7) is 8.57. The lowest BCUT2D eigenvalue weighted by molar-refractivity contribution is 0.207. The molecule has 0 amide bonds. The van der Waals surface area contributed by atoms with Crippen LogP contribution in [0.1, 0.15) is 39.2 Å². The summed E-state index contributed by atoms with van der Waals surface area (Å²) in [7, 11) is 0. The molecule has 1 rings (SSSR count). The summed E-state index contributed by atoms with van der Waals surface area (Å²) in [6.07, 6.45) is 3.64. The quantitative estimate of drug-likeness (QED) is 0.697. The molecular formula is C15H25NO. The molecule has 96 valence electrons. The van der Waals surface area contributed by atoms with Gasteiger partial charge in [0.1, 0.15) is 5.75 Å². The molecule has 2 heteroatoms. The van der Waals surface area contributed by atoms with Gasteiger partial charge in [0.2, 0.25) is 0 Å². The fourth-order valence-corrected chi connectivity index (χ4v) is 1.79. The fourth-order valence-electron chi connectivity index (χ4n) is 1.79. The van der Waals surface area contributed by atoms with Crippen molar-refractivity contribution in [2.75, 3.05) is 13.1 Å². The number of benzene rings is 1. The first-order valence-electron chi connectivity index (χ1n) is 6.72. The van der Waals surface area contributed by atoms with Crippen LogP contribution in [0.25, 0.3) is 0 Å². The molecule has 1 aromatic carbocycles. The van der Waals surface area contributed by atoms with Gasteiger partial charge < -0.3 is 10.1 Å². The maximum atomic E-state index is 5.87. The third kappa shape index (κ3) is 5.73. The van der Waals surface area contributed by atoms with Crippen molar-refractivity contribution < 1.29 is 4.74 Å². The highest BCUT2D eigenvalue weighted by Crippen LogP contribution is 2.15. The standard InChI is InChI=1S/C15H25NO/c1-4-14-8-10-15(11-9-14)17-13(3)7-6-12-16-5-2/h8-11,13,16H,4-7,12H2,1-3H3. The normalized spacial score (nSPS) is 12.4. The summed E-state index contributed by atoms with van der Waals surface area (Å²) in [4.78, 5) is 0. The minimum atomic E-state index is 0.293. The molecule has 0 bridgehead atoms. The van der Waals surface area contributed by atoms with Crippen LogP contribution in [0.2, 0.25) is 0 Å². The molecule has 0 aliphatic carbocycles. The largest absolute Gasteiger partial charge is 0.491 e. The Bertz CT molecular complexity index is 294. The van der Waals surface area contributed by atoms with Gasteiger partial charge in [-0.25, -0.2) is 0 Å².